The van der Waals surface area contributed by atoms with Crippen molar-refractivity contribution in [2.45, 2.75) is 26.2 Å². The van der Waals surface area contributed by atoms with E-state index in [0.717, 1.165) is 0 Å². The smallest absolute Gasteiger partial charge is 0.258 e. The Hall–Kier alpha value is -2.88. The van der Waals surface area contributed by atoms with E-state index >= 15 is 0 Å². The first-order valence-corrected chi connectivity index (χ1v) is 9.69. The quantitative estimate of drug-likeness (QED) is 0.487. The van der Waals surface area contributed by atoms with Crippen LogP contribution >= 0.6 is 0 Å². The highest BCUT2D eigenvalue weighted by Crippen LogP contribution is 2.29. The number of aromatic amines is 1. The Kier molecular flexibility index (Phi) is 7.45. The first-order valence-electron chi connectivity index (χ1n) is 9.69. The van der Waals surface area contributed by atoms with Crippen LogP contribution in [0.25, 0.3) is 10.9 Å². The average Bonchev–Trinajstić information content (AvgIpc) is 3.25. The third kappa shape index (κ3) is 5.38. The van der Waals surface area contributed by atoms with Gasteiger partial charge in [-0.2, -0.15) is 0 Å². The highest BCUT2D eigenvalue weighted by Gasteiger charge is 2.15. The molecule has 3 rings (SSSR count). The fourth-order valence-corrected chi connectivity index (χ4v) is 3.15. The maximum absolute atomic E-state index is 12.5. The summed E-state index contributed by atoms with van der Waals surface area (Å²) in [6.45, 7) is 3.89. The Morgan fingerprint density at radius 2 is 2.03 bits per heavy atom. The molecule has 2 N–H and O–H groups in total. The van der Waals surface area contributed by atoms with Crippen LogP contribution in [0.4, 0.5) is 0 Å². The van der Waals surface area contributed by atoms with Crippen LogP contribution in [0, 0.1) is 0 Å². The van der Waals surface area contributed by atoms with Crippen molar-refractivity contribution in [3.8, 4) is 11.5 Å². The number of aromatic nitrogens is 2. The van der Waals surface area contributed by atoms with E-state index < -0.39 is 6.10 Å². The van der Waals surface area contributed by atoms with Crippen LogP contribution < -0.4 is 15.0 Å². The van der Waals surface area contributed by atoms with Gasteiger partial charge in [0.1, 0.15) is 18.2 Å². The van der Waals surface area contributed by atoms with E-state index in [-0.39, 0.29) is 12.2 Å². The van der Waals surface area contributed by atoms with Crippen molar-refractivity contribution < 1.29 is 23.7 Å². The summed E-state index contributed by atoms with van der Waals surface area (Å²) in [5.41, 5.74) is 0.263. The molecule has 0 aliphatic heterocycles. The molecule has 0 spiro atoms. The Morgan fingerprint density at radius 1 is 1.27 bits per heavy atom. The van der Waals surface area contributed by atoms with Crippen LogP contribution in [-0.4, -0.2) is 60.0 Å². The number of benzene rings is 1. The van der Waals surface area contributed by atoms with Crippen molar-refractivity contribution in [2.24, 2.45) is 0 Å². The number of aliphatic hydroxyl groups is 1. The van der Waals surface area contributed by atoms with Crippen molar-refractivity contribution >= 4 is 10.9 Å². The molecule has 1 aromatic carbocycles. The summed E-state index contributed by atoms with van der Waals surface area (Å²) in [6, 6.07) is 6.90. The zero-order valence-corrected chi connectivity index (χ0v) is 17.4. The van der Waals surface area contributed by atoms with E-state index in [1.165, 1.54) is 14.2 Å². The van der Waals surface area contributed by atoms with Crippen LogP contribution in [0.2, 0.25) is 0 Å². The fourth-order valence-electron chi connectivity index (χ4n) is 3.15. The number of ether oxygens (including phenoxy) is 3. The van der Waals surface area contributed by atoms with Gasteiger partial charge in [0.05, 0.1) is 50.6 Å². The molecule has 0 saturated carbocycles. The number of furan rings is 1. The summed E-state index contributed by atoms with van der Waals surface area (Å²) in [5, 5.41) is 10.7. The zero-order chi connectivity index (χ0) is 21.5. The highest BCUT2D eigenvalue weighted by molar-refractivity contribution is 5.81. The molecule has 0 unspecified atom stereocenters. The monoisotopic (exact) mass is 417 g/mol. The molecule has 2 heterocycles. The van der Waals surface area contributed by atoms with Crippen molar-refractivity contribution in [2.75, 3.05) is 33.9 Å². The van der Waals surface area contributed by atoms with Gasteiger partial charge in [0.15, 0.2) is 11.5 Å². The van der Waals surface area contributed by atoms with E-state index in [1.807, 2.05) is 17.9 Å². The standard InChI is InChI=1S/C21H27N3O6/c1-4-24(10-14(25)12-29-13-15-6-5-7-30-15)11-20-22-17-9-19(28-3)18(27-2)8-16(17)21(26)23-20/h5-9,14,25H,4,10-13H2,1-3H3,(H,22,23,26)/t14-/m1/s1. The Morgan fingerprint density at radius 3 is 2.70 bits per heavy atom. The van der Waals surface area contributed by atoms with Gasteiger partial charge < -0.3 is 28.7 Å². The number of hydrogen-bond donors (Lipinski definition) is 2. The molecule has 162 valence electrons. The molecule has 3 aromatic rings. The molecule has 2 aromatic heterocycles. The van der Waals surface area contributed by atoms with E-state index in [0.29, 0.717) is 60.2 Å². The first kappa shape index (κ1) is 21.8. The predicted molar refractivity (Wildman–Crippen MR) is 111 cm³/mol. The lowest BCUT2D eigenvalue weighted by molar-refractivity contribution is 0.00432. The van der Waals surface area contributed by atoms with Gasteiger partial charge in [-0.1, -0.05) is 6.92 Å². The van der Waals surface area contributed by atoms with Crippen molar-refractivity contribution in [3.05, 3.63) is 52.5 Å². The lowest BCUT2D eigenvalue weighted by atomic mass is 10.2. The minimum Gasteiger partial charge on any atom is -0.493 e. The number of H-pyrrole nitrogens is 1. The number of hydrogen-bond acceptors (Lipinski definition) is 8. The van der Waals surface area contributed by atoms with E-state index in [1.54, 1.807) is 24.5 Å². The van der Waals surface area contributed by atoms with Gasteiger partial charge >= 0.3 is 0 Å². The lowest BCUT2D eigenvalue weighted by Crippen LogP contribution is -2.35. The Balaban J connectivity index is 1.66. The van der Waals surface area contributed by atoms with E-state index in [9.17, 15) is 9.90 Å². The maximum Gasteiger partial charge on any atom is 0.258 e. The Labute approximate surface area is 174 Å². The molecule has 0 amide bonds. The number of nitrogens with zero attached hydrogens (tertiary/aromatic N) is 2. The van der Waals surface area contributed by atoms with Gasteiger partial charge in [-0.25, -0.2) is 4.98 Å². The van der Waals surface area contributed by atoms with Crippen molar-refractivity contribution in [1.29, 1.82) is 0 Å². The predicted octanol–water partition coefficient (Wildman–Crippen LogP) is 1.93. The molecule has 0 aliphatic carbocycles. The van der Waals surface area contributed by atoms with Crippen LogP contribution in [0.15, 0.2) is 39.7 Å². The summed E-state index contributed by atoms with van der Waals surface area (Å²) in [4.78, 5) is 21.9. The number of aliphatic hydroxyl groups excluding tert-OH is 1. The largest absolute Gasteiger partial charge is 0.493 e. The molecule has 0 saturated heterocycles. The van der Waals surface area contributed by atoms with Crippen LogP contribution in [0.3, 0.4) is 0 Å². The number of rotatable bonds is 11. The summed E-state index contributed by atoms with van der Waals surface area (Å²) in [7, 11) is 3.05. The highest BCUT2D eigenvalue weighted by atomic mass is 16.5. The molecule has 0 aliphatic rings. The number of nitrogens with one attached hydrogen (secondary N) is 1. The summed E-state index contributed by atoms with van der Waals surface area (Å²) < 4.78 is 21.2. The number of likely N-dealkylation sites (N-methyl/N-ethyl adjacent to an activating group) is 1. The molecule has 30 heavy (non-hydrogen) atoms. The lowest BCUT2D eigenvalue weighted by Gasteiger charge is -2.23. The Bertz CT molecular complexity index is 1000. The summed E-state index contributed by atoms with van der Waals surface area (Å²) >= 11 is 0. The first-order chi connectivity index (χ1) is 14.5. The maximum atomic E-state index is 12.5. The average molecular weight is 417 g/mol. The second-order valence-corrected chi connectivity index (χ2v) is 6.81. The van der Waals surface area contributed by atoms with Gasteiger partial charge in [0.2, 0.25) is 0 Å². The van der Waals surface area contributed by atoms with Gasteiger partial charge in [-0.3, -0.25) is 9.69 Å². The van der Waals surface area contributed by atoms with Crippen LogP contribution in [0.1, 0.15) is 18.5 Å². The number of methoxy groups -OCH3 is 2. The molecule has 0 radical (unpaired) electrons. The molecular weight excluding hydrogens is 390 g/mol. The fraction of sp³-hybridized carbons (Fsp3) is 0.429. The molecule has 9 nitrogen and oxygen atoms in total. The van der Waals surface area contributed by atoms with Gasteiger partial charge in [0, 0.05) is 12.6 Å². The minimum absolute atomic E-state index is 0.176. The van der Waals surface area contributed by atoms with Crippen molar-refractivity contribution in [1.82, 2.24) is 14.9 Å². The van der Waals surface area contributed by atoms with Crippen LogP contribution in [0.5, 0.6) is 11.5 Å². The van der Waals surface area contributed by atoms with Crippen molar-refractivity contribution in [3.63, 3.8) is 0 Å². The van der Waals surface area contributed by atoms with Gasteiger partial charge in [0.25, 0.3) is 5.56 Å². The molecule has 0 fully saturated rings. The summed E-state index contributed by atoms with van der Waals surface area (Å²) in [5.74, 6) is 2.19. The number of fused-ring (bicyclic) bond motifs is 1. The van der Waals surface area contributed by atoms with E-state index in [4.69, 9.17) is 18.6 Å². The third-order valence-corrected chi connectivity index (χ3v) is 4.68. The second-order valence-electron chi connectivity index (χ2n) is 6.81. The topological polar surface area (TPSA) is 110 Å². The third-order valence-electron chi connectivity index (χ3n) is 4.68. The minimum atomic E-state index is -0.684. The SMILES string of the molecule is CCN(Cc1nc2cc(OC)c(OC)cc2c(=O)[nH]1)C[C@@H](O)COCc1ccco1. The molecule has 1 atom stereocenters. The van der Waals surface area contributed by atoms with Gasteiger partial charge in [-0.05, 0) is 24.7 Å². The van der Waals surface area contributed by atoms with Gasteiger partial charge in [-0.15, -0.1) is 0 Å². The van der Waals surface area contributed by atoms with E-state index in [2.05, 4.69) is 9.97 Å². The molecule has 9 heteroatoms. The zero-order valence-electron chi connectivity index (χ0n) is 17.4. The normalized spacial score (nSPS) is 12.4. The van der Waals surface area contributed by atoms with Crippen LogP contribution in [-0.2, 0) is 17.9 Å². The second kappa shape index (κ2) is 10.2. The molecule has 0 bridgehead atoms. The summed E-state index contributed by atoms with van der Waals surface area (Å²) in [6.07, 6.45) is 0.896. The molecular formula is C21H27N3O6.